The van der Waals surface area contributed by atoms with Crippen LogP contribution < -0.4 is 5.32 Å². The van der Waals surface area contributed by atoms with E-state index in [-0.39, 0.29) is 18.0 Å². The van der Waals surface area contributed by atoms with E-state index in [1.54, 1.807) is 6.20 Å². The van der Waals surface area contributed by atoms with Crippen LogP contribution in [0.15, 0.2) is 6.20 Å². The van der Waals surface area contributed by atoms with E-state index >= 15 is 0 Å². The standard InChI is InChI=1S/C19H24IN3O3S/c1-11(2)26-19(25)17-13-6-4-5-7-15(13)27-18(17)22-16(24)8-9-23-12(3)14(20)10-21-23/h10-11H,4-9H2,1-3H3,(H,22,24). The summed E-state index contributed by atoms with van der Waals surface area (Å²) in [4.78, 5) is 26.3. The Morgan fingerprint density at radius 2 is 2.11 bits per heavy atom. The molecule has 3 rings (SSSR count). The number of anilines is 1. The van der Waals surface area contributed by atoms with Crippen LogP contribution in [0.3, 0.4) is 0 Å². The van der Waals surface area contributed by atoms with Crippen LogP contribution in [0.4, 0.5) is 5.00 Å². The maximum atomic E-state index is 12.6. The van der Waals surface area contributed by atoms with Crippen molar-refractivity contribution in [1.82, 2.24) is 9.78 Å². The fourth-order valence-corrected chi connectivity index (χ4v) is 4.89. The Kier molecular flexibility index (Phi) is 6.56. The molecule has 0 unspecified atom stereocenters. The zero-order valence-electron chi connectivity index (χ0n) is 15.8. The minimum atomic E-state index is -0.336. The average molecular weight is 501 g/mol. The molecule has 1 aliphatic rings. The van der Waals surface area contributed by atoms with Gasteiger partial charge in [-0.05, 0) is 74.6 Å². The van der Waals surface area contributed by atoms with Gasteiger partial charge in [0.1, 0.15) is 5.00 Å². The van der Waals surface area contributed by atoms with Gasteiger partial charge in [-0.1, -0.05) is 0 Å². The Bertz CT molecular complexity index is 857. The predicted molar refractivity (Wildman–Crippen MR) is 114 cm³/mol. The molecule has 0 saturated heterocycles. The van der Waals surface area contributed by atoms with Gasteiger partial charge >= 0.3 is 5.97 Å². The average Bonchev–Trinajstić information content (AvgIpc) is 3.13. The summed E-state index contributed by atoms with van der Waals surface area (Å²) in [6, 6.07) is 0. The van der Waals surface area contributed by atoms with Gasteiger partial charge in [0.2, 0.25) is 5.91 Å². The Hall–Kier alpha value is -1.42. The summed E-state index contributed by atoms with van der Waals surface area (Å²) < 4.78 is 8.34. The first-order chi connectivity index (χ1) is 12.9. The van der Waals surface area contributed by atoms with Crippen molar-refractivity contribution in [3.63, 3.8) is 0 Å². The van der Waals surface area contributed by atoms with Crippen molar-refractivity contribution in [1.29, 1.82) is 0 Å². The number of amides is 1. The summed E-state index contributed by atoms with van der Waals surface area (Å²) in [5.74, 6) is -0.450. The molecule has 1 amide bonds. The van der Waals surface area contributed by atoms with Gasteiger partial charge in [-0.3, -0.25) is 9.48 Å². The van der Waals surface area contributed by atoms with Gasteiger partial charge in [-0.25, -0.2) is 4.79 Å². The molecule has 1 N–H and O–H groups in total. The second-order valence-corrected chi connectivity index (χ2v) is 9.24. The van der Waals surface area contributed by atoms with Crippen molar-refractivity contribution in [3.8, 4) is 0 Å². The van der Waals surface area contributed by atoms with Gasteiger partial charge in [0, 0.05) is 17.0 Å². The molecule has 146 valence electrons. The van der Waals surface area contributed by atoms with Gasteiger partial charge in [-0.15, -0.1) is 11.3 Å². The quantitative estimate of drug-likeness (QED) is 0.473. The van der Waals surface area contributed by atoms with Gasteiger partial charge in [0.15, 0.2) is 0 Å². The third-order valence-corrected chi connectivity index (χ3v) is 6.83. The molecule has 27 heavy (non-hydrogen) atoms. The number of hydrogen-bond acceptors (Lipinski definition) is 5. The summed E-state index contributed by atoms with van der Waals surface area (Å²) in [6.07, 6.45) is 5.93. The fraction of sp³-hybridized carbons (Fsp3) is 0.526. The highest BCUT2D eigenvalue weighted by atomic mass is 127. The molecule has 2 aromatic heterocycles. The Morgan fingerprint density at radius 1 is 1.37 bits per heavy atom. The van der Waals surface area contributed by atoms with E-state index < -0.39 is 0 Å². The molecule has 6 nitrogen and oxygen atoms in total. The van der Waals surface area contributed by atoms with Crippen LogP contribution in [0.1, 0.15) is 59.6 Å². The van der Waals surface area contributed by atoms with Gasteiger partial charge in [0.05, 0.1) is 28.0 Å². The summed E-state index contributed by atoms with van der Waals surface area (Å²) in [7, 11) is 0. The SMILES string of the molecule is Cc1c(I)cnn1CCC(=O)Nc1sc2c(c1C(=O)OC(C)C)CCCC2. The second-order valence-electron chi connectivity index (χ2n) is 6.97. The fourth-order valence-electron chi connectivity index (χ4n) is 3.19. The number of rotatable bonds is 6. The first kappa shape index (κ1) is 20.3. The molecule has 1 aliphatic carbocycles. The van der Waals surface area contributed by atoms with E-state index in [9.17, 15) is 9.59 Å². The first-order valence-corrected chi connectivity index (χ1v) is 11.1. The number of hydrogen-bond donors (Lipinski definition) is 1. The molecule has 0 atom stereocenters. The van der Waals surface area contributed by atoms with Crippen molar-refractivity contribution < 1.29 is 14.3 Å². The molecule has 0 aromatic carbocycles. The van der Waals surface area contributed by atoms with E-state index in [1.165, 1.54) is 16.2 Å². The lowest BCUT2D eigenvalue weighted by Gasteiger charge is -2.14. The van der Waals surface area contributed by atoms with Crippen LogP contribution in [-0.2, 0) is 28.9 Å². The molecule has 8 heteroatoms. The van der Waals surface area contributed by atoms with Crippen molar-refractivity contribution in [2.45, 2.75) is 65.5 Å². The number of nitrogens with one attached hydrogen (secondary N) is 1. The maximum absolute atomic E-state index is 12.6. The molecular weight excluding hydrogens is 477 g/mol. The van der Waals surface area contributed by atoms with E-state index in [0.717, 1.165) is 40.5 Å². The molecule has 0 fully saturated rings. The number of carbonyl (C=O) groups is 2. The molecule has 0 bridgehead atoms. The monoisotopic (exact) mass is 501 g/mol. The van der Waals surface area contributed by atoms with Gasteiger partial charge in [0.25, 0.3) is 0 Å². The van der Waals surface area contributed by atoms with Gasteiger partial charge in [-0.2, -0.15) is 5.10 Å². The number of thiophene rings is 1. The van der Waals surface area contributed by atoms with E-state index in [0.29, 0.717) is 23.5 Å². The molecule has 0 aliphatic heterocycles. The van der Waals surface area contributed by atoms with E-state index in [4.69, 9.17) is 4.74 Å². The number of fused-ring (bicyclic) bond motifs is 1. The molecular formula is C19H24IN3O3S. The molecule has 0 saturated carbocycles. The number of aromatic nitrogens is 2. The number of aryl methyl sites for hydroxylation is 2. The Balaban J connectivity index is 1.75. The number of ether oxygens (including phenoxy) is 1. The van der Waals surface area contributed by atoms with E-state index in [1.807, 2.05) is 25.5 Å². The number of nitrogens with zero attached hydrogens (tertiary/aromatic N) is 2. The topological polar surface area (TPSA) is 73.2 Å². The predicted octanol–water partition coefficient (Wildman–Crippen LogP) is 4.33. The summed E-state index contributed by atoms with van der Waals surface area (Å²) in [5, 5.41) is 7.87. The molecule has 2 aromatic rings. The van der Waals surface area contributed by atoms with Crippen LogP contribution >= 0.6 is 33.9 Å². The summed E-state index contributed by atoms with van der Waals surface area (Å²) >= 11 is 3.75. The van der Waals surface area contributed by atoms with Gasteiger partial charge < -0.3 is 10.1 Å². The van der Waals surface area contributed by atoms with Crippen LogP contribution in [-0.4, -0.2) is 27.8 Å². The van der Waals surface area contributed by atoms with E-state index in [2.05, 4.69) is 33.0 Å². The zero-order valence-corrected chi connectivity index (χ0v) is 18.8. The highest BCUT2D eigenvalue weighted by Crippen LogP contribution is 2.38. The van der Waals surface area contributed by atoms with Crippen molar-refractivity contribution in [3.05, 3.63) is 31.5 Å². The Morgan fingerprint density at radius 3 is 2.78 bits per heavy atom. The normalized spacial score (nSPS) is 13.5. The lowest BCUT2D eigenvalue weighted by atomic mass is 9.95. The van der Waals surface area contributed by atoms with Crippen LogP contribution in [0.25, 0.3) is 0 Å². The van der Waals surface area contributed by atoms with Crippen LogP contribution in [0, 0.1) is 10.5 Å². The molecule has 0 radical (unpaired) electrons. The lowest BCUT2D eigenvalue weighted by Crippen LogP contribution is -2.19. The van der Waals surface area contributed by atoms with Crippen molar-refractivity contribution in [2.75, 3.05) is 5.32 Å². The minimum absolute atomic E-state index is 0.114. The van der Waals surface area contributed by atoms with Crippen LogP contribution in [0.5, 0.6) is 0 Å². The van der Waals surface area contributed by atoms with Crippen molar-refractivity contribution >= 4 is 50.8 Å². The third kappa shape index (κ3) is 4.71. The maximum Gasteiger partial charge on any atom is 0.341 e. The number of carbonyl (C=O) groups excluding carboxylic acids is 2. The number of esters is 1. The largest absolute Gasteiger partial charge is 0.459 e. The summed E-state index contributed by atoms with van der Waals surface area (Å²) in [5.41, 5.74) is 2.67. The molecule has 2 heterocycles. The highest BCUT2D eigenvalue weighted by molar-refractivity contribution is 14.1. The molecule has 0 spiro atoms. The smallest absolute Gasteiger partial charge is 0.341 e. The summed E-state index contributed by atoms with van der Waals surface area (Å²) in [6.45, 7) is 6.17. The lowest BCUT2D eigenvalue weighted by molar-refractivity contribution is -0.116. The van der Waals surface area contributed by atoms with Crippen molar-refractivity contribution in [2.24, 2.45) is 0 Å². The third-order valence-electron chi connectivity index (χ3n) is 4.57. The second kappa shape index (κ2) is 8.72. The minimum Gasteiger partial charge on any atom is -0.459 e. The highest BCUT2D eigenvalue weighted by Gasteiger charge is 2.27. The Labute approximate surface area is 176 Å². The first-order valence-electron chi connectivity index (χ1n) is 9.20. The zero-order chi connectivity index (χ0) is 19.6. The number of halogens is 1. The van der Waals surface area contributed by atoms with Crippen LogP contribution in [0.2, 0.25) is 0 Å².